The molecule has 0 aliphatic carbocycles. The number of fused-ring (bicyclic) bond motifs is 1. The van der Waals surface area contributed by atoms with Crippen molar-refractivity contribution >= 4 is 37.4 Å². The lowest BCUT2D eigenvalue weighted by atomic mass is 10.2. The molecule has 0 atom stereocenters. The Morgan fingerprint density at radius 2 is 2.00 bits per heavy atom. The smallest absolute Gasteiger partial charge is 0.214 e. The van der Waals surface area contributed by atoms with Gasteiger partial charge in [0.1, 0.15) is 11.2 Å². The summed E-state index contributed by atoms with van der Waals surface area (Å²) in [6, 6.07) is 16.2. The van der Waals surface area contributed by atoms with Gasteiger partial charge in [-0.3, -0.25) is 0 Å². The molecule has 0 N–H and O–H groups in total. The topological polar surface area (TPSA) is 22.1 Å². The summed E-state index contributed by atoms with van der Waals surface area (Å²) in [5.74, 6) is 0.641. The van der Waals surface area contributed by atoms with E-state index in [9.17, 15) is 0 Å². The van der Waals surface area contributed by atoms with Gasteiger partial charge in [-0.05, 0) is 39.5 Å². The van der Waals surface area contributed by atoms with Crippen molar-refractivity contribution in [3.8, 4) is 5.88 Å². The second kappa shape index (κ2) is 5.08. The summed E-state index contributed by atoms with van der Waals surface area (Å²) in [4.78, 5) is 5.45. The lowest BCUT2D eigenvalue weighted by molar-refractivity contribution is 0.297. The largest absolute Gasteiger partial charge is 0.472 e. The van der Waals surface area contributed by atoms with Gasteiger partial charge in [0.25, 0.3) is 0 Å². The molecule has 3 rings (SSSR count). The summed E-state index contributed by atoms with van der Waals surface area (Å²) in [5, 5.41) is 1.27. The SMILES string of the molecule is Brc1cccc(OCc2cc3ccccc3s2)n1. The zero-order chi connectivity index (χ0) is 12.4. The molecule has 2 aromatic heterocycles. The van der Waals surface area contributed by atoms with Crippen molar-refractivity contribution in [2.24, 2.45) is 0 Å². The predicted octanol–water partition coefficient (Wildman–Crippen LogP) is 4.64. The summed E-state index contributed by atoms with van der Waals surface area (Å²) >= 11 is 5.08. The fourth-order valence-corrected chi connectivity index (χ4v) is 3.03. The van der Waals surface area contributed by atoms with Crippen molar-refractivity contribution in [2.45, 2.75) is 6.61 Å². The molecule has 4 heteroatoms. The lowest BCUT2D eigenvalue weighted by Crippen LogP contribution is -1.94. The van der Waals surface area contributed by atoms with Crippen LogP contribution in [0.25, 0.3) is 10.1 Å². The second-order valence-electron chi connectivity index (χ2n) is 3.84. The zero-order valence-electron chi connectivity index (χ0n) is 9.47. The summed E-state index contributed by atoms with van der Waals surface area (Å²) in [5.41, 5.74) is 0. The quantitative estimate of drug-likeness (QED) is 0.656. The molecular formula is C14H10BrNOS. The zero-order valence-corrected chi connectivity index (χ0v) is 11.9. The Balaban J connectivity index is 1.76. The Bertz CT molecular complexity index is 647. The van der Waals surface area contributed by atoms with Crippen LogP contribution in [0.1, 0.15) is 4.88 Å². The summed E-state index contributed by atoms with van der Waals surface area (Å²) in [6.45, 7) is 0.558. The highest BCUT2D eigenvalue weighted by molar-refractivity contribution is 9.10. The standard InChI is InChI=1S/C14H10BrNOS/c15-13-6-3-7-14(16-13)17-9-11-8-10-4-1-2-5-12(10)18-11/h1-8H,9H2. The van der Waals surface area contributed by atoms with Crippen LogP contribution in [0.2, 0.25) is 0 Å². The first kappa shape index (κ1) is 11.7. The van der Waals surface area contributed by atoms with Gasteiger partial charge in [0.15, 0.2) is 0 Å². The summed E-state index contributed by atoms with van der Waals surface area (Å²) in [7, 11) is 0. The first-order valence-corrected chi connectivity index (χ1v) is 7.15. The van der Waals surface area contributed by atoms with Crippen molar-refractivity contribution in [3.05, 3.63) is 58.0 Å². The maximum atomic E-state index is 5.67. The molecule has 0 spiro atoms. The van der Waals surface area contributed by atoms with Crippen molar-refractivity contribution in [1.29, 1.82) is 0 Å². The molecule has 0 saturated carbocycles. The molecule has 0 unspecified atom stereocenters. The van der Waals surface area contributed by atoms with Crippen molar-refractivity contribution in [3.63, 3.8) is 0 Å². The highest BCUT2D eigenvalue weighted by atomic mass is 79.9. The molecule has 0 saturated heterocycles. The highest BCUT2D eigenvalue weighted by Gasteiger charge is 2.02. The minimum absolute atomic E-state index is 0.558. The van der Waals surface area contributed by atoms with E-state index in [0.717, 1.165) is 4.60 Å². The molecular weight excluding hydrogens is 310 g/mol. The molecule has 0 aliphatic rings. The van der Waals surface area contributed by atoms with Gasteiger partial charge in [-0.15, -0.1) is 11.3 Å². The number of halogens is 1. The number of benzene rings is 1. The number of hydrogen-bond donors (Lipinski definition) is 0. The molecule has 2 nitrogen and oxygen atoms in total. The van der Waals surface area contributed by atoms with Crippen LogP contribution in [-0.2, 0) is 6.61 Å². The van der Waals surface area contributed by atoms with E-state index in [1.165, 1.54) is 15.0 Å². The molecule has 18 heavy (non-hydrogen) atoms. The fraction of sp³-hybridized carbons (Fsp3) is 0.0714. The molecule has 0 fully saturated rings. The average molecular weight is 320 g/mol. The molecule has 2 heterocycles. The molecule has 3 aromatic rings. The van der Waals surface area contributed by atoms with Gasteiger partial charge in [0.2, 0.25) is 5.88 Å². The van der Waals surface area contributed by atoms with Crippen LogP contribution < -0.4 is 4.74 Å². The third-order valence-electron chi connectivity index (χ3n) is 2.53. The molecule has 0 bridgehead atoms. The Morgan fingerprint density at radius 1 is 1.11 bits per heavy atom. The van der Waals surface area contributed by atoms with Crippen LogP contribution in [0.4, 0.5) is 0 Å². The van der Waals surface area contributed by atoms with Gasteiger partial charge in [0, 0.05) is 15.6 Å². The van der Waals surface area contributed by atoms with Gasteiger partial charge < -0.3 is 4.74 Å². The predicted molar refractivity (Wildman–Crippen MR) is 78.1 cm³/mol. The number of hydrogen-bond acceptors (Lipinski definition) is 3. The molecule has 0 aliphatic heterocycles. The third kappa shape index (κ3) is 2.54. The van der Waals surface area contributed by atoms with Crippen molar-refractivity contribution in [2.75, 3.05) is 0 Å². The van der Waals surface area contributed by atoms with E-state index in [-0.39, 0.29) is 0 Å². The maximum absolute atomic E-state index is 5.67. The summed E-state index contributed by atoms with van der Waals surface area (Å²) < 4.78 is 7.75. The van der Waals surface area contributed by atoms with Crippen LogP contribution in [0, 0.1) is 0 Å². The van der Waals surface area contributed by atoms with E-state index in [0.29, 0.717) is 12.5 Å². The van der Waals surface area contributed by atoms with E-state index in [1.807, 2.05) is 18.2 Å². The normalized spacial score (nSPS) is 10.7. The van der Waals surface area contributed by atoms with Gasteiger partial charge >= 0.3 is 0 Å². The number of pyridine rings is 1. The highest BCUT2D eigenvalue weighted by Crippen LogP contribution is 2.26. The first-order chi connectivity index (χ1) is 8.81. The van der Waals surface area contributed by atoms with Gasteiger partial charge in [-0.25, -0.2) is 4.98 Å². The first-order valence-electron chi connectivity index (χ1n) is 5.54. The van der Waals surface area contributed by atoms with Crippen LogP contribution in [-0.4, -0.2) is 4.98 Å². The van der Waals surface area contributed by atoms with Crippen LogP contribution in [0.5, 0.6) is 5.88 Å². The van der Waals surface area contributed by atoms with Crippen LogP contribution >= 0.6 is 27.3 Å². The Labute approximate surface area is 117 Å². The number of rotatable bonds is 3. The average Bonchev–Trinajstić information content (AvgIpc) is 2.79. The molecule has 0 radical (unpaired) electrons. The molecule has 0 amide bonds. The lowest BCUT2D eigenvalue weighted by Gasteiger charge is -2.02. The van der Waals surface area contributed by atoms with E-state index in [4.69, 9.17) is 4.74 Å². The van der Waals surface area contributed by atoms with Gasteiger partial charge in [-0.1, -0.05) is 24.3 Å². The number of ether oxygens (including phenoxy) is 1. The van der Waals surface area contributed by atoms with Crippen LogP contribution in [0.15, 0.2) is 53.1 Å². The second-order valence-corrected chi connectivity index (χ2v) is 5.82. The minimum atomic E-state index is 0.558. The number of aromatic nitrogens is 1. The van der Waals surface area contributed by atoms with Crippen molar-refractivity contribution in [1.82, 2.24) is 4.98 Å². The number of nitrogens with zero attached hydrogens (tertiary/aromatic N) is 1. The molecule has 90 valence electrons. The maximum Gasteiger partial charge on any atom is 0.214 e. The minimum Gasteiger partial charge on any atom is -0.472 e. The van der Waals surface area contributed by atoms with Gasteiger partial charge in [0.05, 0.1) is 0 Å². The Morgan fingerprint density at radius 3 is 2.83 bits per heavy atom. The third-order valence-corrected chi connectivity index (χ3v) is 4.06. The Kier molecular flexibility index (Phi) is 3.30. The Hall–Kier alpha value is -1.39. The summed E-state index contributed by atoms with van der Waals surface area (Å²) in [6.07, 6.45) is 0. The molecule has 1 aromatic carbocycles. The van der Waals surface area contributed by atoms with E-state index in [2.05, 4.69) is 51.2 Å². The van der Waals surface area contributed by atoms with Gasteiger partial charge in [-0.2, -0.15) is 0 Å². The van der Waals surface area contributed by atoms with E-state index < -0.39 is 0 Å². The number of thiophene rings is 1. The fourth-order valence-electron chi connectivity index (χ4n) is 1.72. The van der Waals surface area contributed by atoms with Crippen LogP contribution in [0.3, 0.4) is 0 Å². The van der Waals surface area contributed by atoms with E-state index in [1.54, 1.807) is 11.3 Å². The van der Waals surface area contributed by atoms with E-state index >= 15 is 0 Å². The van der Waals surface area contributed by atoms with Crippen molar-refractivity contribution < 1.29 is 4.74 Å². The monoisotopic (exact) mass is 319 g/mol.